The Labute approximate surface area is 105 Å². The minimum atomic E-state index is -3.07. The number of rotatable bonds is 6. The van der Waals surface area contributed by atoms with Gasteiger partial charge in [0, 0.05) is 6.26 Å². The molecular formula is C14H22O2S. The third kappa shape index (κ3) is 4.50. The van der Waals surface area contributed by atoms with Crippen molar-refractivity contribution in [3.05, 3.63) is 29.8 Å². The van der Waals surface area contributed by atoms with Crippen molar-refractivity contribution in [2.75, 3.05) is 6.26 Å². The second kappa shape index (κ2) is 6.20. The quantitative estimate of drug-likeness (QED) is 0.724. The summed E-state index contributed by atoms with van der Waals surface area (Å²) < 4.78 is 22.6. The SMILES string of the molecule is CCCCCC(C)c1ccc(S(C)(=O)=O)cc1. The fourth-order valence-electron chi connectivity index (χ4n) is 1.91. The Hall–Kier alpha value is -0.830. The third-order valence-corrected chi connectivity index (χ3v) is 4.25. The van der Waals surface area contributed by atoms with Crippen LogP contribution in [0.5, 0.6) is 0 Å². The van der Waals surface area contributed by atoms with E-state index in [1.807, 2.05) is 12.1 Å². The fourth-order valence-corrected chi connectivity index (χ4v) is 2.54. The molecule has 3 heteroatoms. The van der Waals surface area contributed by atoms with Crippen LogP contribution in [0, 0.1) is 0 Å². The molecule has 0 aliphatic heterocycles. The molecule has 96 valence electrons. The molecule has 1 aromatic carbocycles. The van der Waals surface area contributed by atoms with Crippen molar-refractivity contribution in [3.8, 4) is 0 Å². The summed E-state index contributed by atoms with van der Waals surface area (Å²) in [5, 5.41) is 0. The van der Waals surface area contributed by atoms with Gasteiger partial charge in [-0.1, -0.05) is 45.2 Å². The van der Waals surface area contributed by atoms with E-state index >= 15 is 0 Å². The van der Waals surface area contributed by atoms with E-state index in [-0.39, 0.29) is 0 Å². The predicted molar refractivity (Wildman–Crippen MR) is 72.1 cm³/mol. The lowest BCUT2D eigenvalue weighted by atomic mass is 9.95. The largest absolute Gasteiger partial charge is 0.224 e. The first kappa shape index (κ1) is 14.2. The highest BCUT2D eigenvalue weighted by molar-refractivity contribution is 7.90. The lowest BCUT2D eigenvalue weighted by Crippen LogP contribution is -1.98. The van der Waals surface area contributed by atoms with Crippen molar-refractivity contribution >= 4 is 9.84 Å². The Morgan fingerprint density at radius 1 is 1.12 bits per heavy atom. The van der Waals surface area contributed by atoms with Crippen molar-refractivity contribution in [1.29, 1.82) is 0 Å². The molecule has 0 saturated carbocycles. The Balaban J connectivity index is 2.67. The van der Waals surface area contributed by atoms with E-state index in [0.29, 0.717) is 10.8 Å². The Kier molecular flexibility index (Phi) is 5.19. The number of hydrogen-bond donors (Lipinski definition) is 0. The molecule has 0 N–H and O–H groups in total. The van der Waals surface area contributed by atoms with Gasteiger partial charge in [0.25, 0.3) is 0 Å². The number of unbranched alkanes of at least 4 members (excludes halogenated alkanes) is 2. The maximum atomic E-state index is 11.3. The molecule has 0 amide bonds. The van der Waals surface area contributed by atoms with Gasteiger partial charge in [-0.05, 0) is 30.0 Å². The molecule has 2 nitrogen and oxygen atoms in total. The molecule has 0 aliphatic rings. The highest BCUT2D eigenvalue weighted by atomic mass is 32.2. The standard InChI is InChI=1S/C14H22O2S/c1-4-5-6-7-12(2)13-8-10-14(11-9-13)17(3,15)16/h8-12H,4-7H2,1-3H3. The van der Waals surface area contributed by atoms with E-state index in [4.69, 9.17) is 0 Å². The lowest BCUT2D eigenvalue weighted by Gasteiger charge is -2.11. The molecule has 1 unspecified atom stereocenters. The second-order valence-corrected chi connectivity index (χ2v) is 6.75. The minimum Gasteiger partial charge on any atom is -0.224 e. The van der Waals surface area contributed by atoms with Gasteiger partial charge in [0.05, 0.1) is 4.90 Å². The van der Waals surface area contributed by atoms with Crippen LogP contribution in [0.1, 0.15) is 51.0 Å². The lowest BCUT2D eigenvalue weighted by molar-refractivity contribution is 0.596. The van der Waals surface area contributed by atoms with Gasteiger partial charge in [0.2, 0.25) is 0 Å². The van der Waals surface area contributed by atoms with Crippen LogP contribution >= 0.6 is 0 Å². The topological polar surface area (TPSA) is 34.1 Å². The Bertz CT molecular complexity index is 432. The molecule has 0 spiro atoms. The van der Waals surface area contributed by atoms with E-state index < -0.39 is 9.84 Å². The minimum absolute atomic E-state index is 0.405. The average molecular weight is 254 g/mol. The molecule has 0 aromatic heterocycles. The van der Waals surface area contributed by atoms with Crippen LogP contribution in [0.25, 0.3) is 0 Å². The summed E-state index contributed by atoms with van der Waals surface area (Å²) in [5.74, 6) is 0.509. The van der Waals surface area contributed by atoms with Gasteiger partial charge < -0.3 is 0 Å². The summed E-state index contributed by atoms with van der Waals surface area (Å²) >= 11 is 0. The summed E-state index contributed by atoms with van der Waals surface area (Å²) in [6.07, 6.45) is 6.16. The average Bonchev–Trinajstić information content (AvgIpc) is 2.28. The van der Waals surface area contributed by atoms with Crippen LogP contribution in [-0.4, -0.2) is 14.7 Å². The fraction of sp³-hybridized carbons (Fsp3) is 0.571. The van der Waals surface area contributed by atoms with Gasteiger partial charge in [0.1, 0.15) is 0 Å². The van der Waals surface area contributed by atoms with Gasteiger partial charge in [-0.25, -0.2) is 8.42 Å². The maximum Gasteiger partial charge on any atom is 0.175 e. The summed E-state index contributed by atoms with van der Waals surface area (Å²) in [4.78, 5) is 0.405. The molecule has 1 atom stereocenters. The van der Waals surface area contributed by atoms with E-state index in [9.17, 15) is 8.42 Å². The van der Waals surface area contributed by atoms with Crippen LogP contribution in [-0.2, 0) is 9.84 Å². The van der Waals surface area contributed by atoms with E-state index in [2.05, 4.69) is 13.8 Å². The molecule has 0 saturated heterocycles. The Morgan fingerprint density at radius 3 is 2.18 bits per heavy atom. The van der Waals surface area contributed by atoms with Crippen molar-refractivity contribution in [1.82, 2.24) is 0 Å². The first-order valence-corrected chi connectivity index (χ1v) is 8.14. The van der Waals surface area contributed by atoms with Crippen molar-refractivity contribution in [2.24, 2.45) is 0 Å². The second-order valence-electron chi connectivity index (χ2n) is 4.74. The monoisotopic (exact) mass is 254 g/mol. The number of benzene rings is 1. The zero-order valence-electron chi connectivity index (χ0n) is 10.9. The molecule has 0 aliphatic carbocycles. The van der Waals surface area contributed by atoms with Gasteiger partial charge in [-0.3, -0.25) is 0 Å². The van der Waals surface area contributed by atoms with Gasteiger partial charge in [0.15, 0.2) is 9.84 Å². The first-order chi connectivity index (χ1) is 7.95. The summed E-state index contributed by atoms with van der Waals surface area (Å²) in [5.41, 5.74) is 1.23. The van der Waals surface area contributed by atoms with Crippen LogP contribution in [0.2, 0.25) is 0 Å². The molecule has 0 fully saturated rings. The van der Waals surface area contributed by atoms with Crippen molar-refractivity contribution in [2.45, 2.75) is 50.3 Å². The predicted octanol–water partition coefficient (Wildman–Crippen LogP) is 3.77. The number of hydrogen-bond acceptors (Lipinski definition) is 2. The van der Waals surface area contributed by atoms with E-state index in [0.717, 1.165) is 0 Å². The summed E-state index contributed by atoms with van der Waals surface area (Å²) in [6.45, 7) is 4.40. The Morgan fingerprint density at radius 2 is 1.71 bits per heavy atom. The molecule has 0 heterocycles. The highest BCUT2D eigenvalue weighted by Gasteiger charge is 2.09. The smallest absolute Gasteiger partial charge is 0.175 e. The third-order valence-electron chi connectivity index (χ3n) is 3.12. The van der Waals surface area contributed by atoms with Gasteiger partial charge in [-0.15, -0.1) is 0 Å². The molecule has 0 bridgehead atoms. The molecule has 1 rings (SSSR count). The summed E-state index contributed by atoms with van der Waals surface area (Å²) in [7, 11) is -3.07. The molecule has 1 aromatic rings. The highest BCUT2D eigenvalue weighted by Crippen LogP contribution is 2.23. The normalized spacial score (nSPS) is 13.6. The zero-order valence-corrected chi connectivity index (χ0v) is 11.8. The first-order valence-electron chi connectivity index (χ1n) is 6.25. The van der Waals surface area contributed by atoms with E-state index in [1.54, 1.807) is 12.1 Å². The number of sulfone groups is 1. The van der Waals surface area contributed by atoms with Crippen molar-refractivity contribution < 1.29 is 8.42 Å². The van der Waals surface area contributed by atoms with Crippen LogP contribution in [0.3, 0.4) is 0 Å². The van der Waals surface area contributed by atoms with Crippen LogP contribution < -0.4 is 0 Å². The maximum absolute atomic E-state index is 11.3. The molecular weight excluding hydrogens is 232 g/mol. The van der Waals surface area contributed by atoms with Crippen LogP contribution in [0.4, 0.5) is 0 Å². The van der Waals surface area contributed by atoms with E-state index in [1.165, 1.54) is 37.5 Å². The van der Waals surface area contributed by atoms with Crippen LogP contribution in [0.15, 0.2) is 29.2 Å². The van der Waals surface area contributed by atoms with Gasteiger partial charge in [-0.2, -0.15) is 0 Å². The summed E-state index contributed by atoms with van der Waals surface area (Å²) in [6, 6.07) is 7.29. The van der Waals surface area contributed by atoms with Gasteiger partial charge >= 0.3 is 0 Å². The molecule has 0 radical (unpaired) electrons. The van der Waals surface area contributed by atoms with Crippen molar-refractivity contribution in [3.63, 3.8) is 0 Å². The zero-order chi connectivity index (χ0) is 12.9. The molecule has 17 heavy (non-hydrogen) atoms.